The summed E-state index contributed by atoms with van der Waals surface area (Å²) in [6.07, 6.45) is 3.00. The largest absolute Gasteiger partial charge is 0.496 e. The normalized spacial score (nSPS) is 10.8. The summed E-state index contributed by atoms with van der Waals surface area (Å²) in [6.45, 7) is 1.81. The Kier molecular flexibility index (Phi) is 6.09. The van der Waals surface area contributed by atoms with Gasteiger partial charge < -0.3 is 13.9 Å². The van der Waals surface area contributed by atoms with Gasteiger partial charge in [-0.15, -0.1) is 0 Å². The molecule has 0 unspecified atom stereocenters. The highest BCUT2D eigenvalue weighted by Crippen LogP contribution is 2.24. The molecule has 0 amide bonds. The molecule has 3 rings (SSSR count). The number of benzene rings is 2. The molecule has 148 valence electrons. The van der Waals surface area contributed by atoms with Crippen molar-refractivity contribution in [1.82, 2.24) is 0 Å². The van der Waals surface area contributed by atoms with Crippen LogP contribution in [0.1, 0.15) is 27.4 Å². The lowest BCUT2D eigenvalue weighted by Gasteiger charge is -2.05. The number of nitro benzene ring substituents is 1. The minimum Gasteiger partial charge on any atom is -0.496 e. The predicted molar refractivity (Wildman–Crippen MR) is 107 cm³/mol. The molecule has 0 spiro atoms. The number of carbonyl (C=O) groups excluding carboxylic acids is 1. The van der Waals surface area contributed by atoms with Gasteiger partial charge in [0.15, 0.2) is 5.78 Å². The van der Waals surface area contributed by atoms with Gasteiger partial charge in [0.25, 0.3) is 5.69 Å². The Bertz CT molecular complexity index is 1070. The lowest BCUT2D eigenvalue weighted by atomic mass is 10.1. The smallest absolute Gasteiger partial charge is 0.272 e. The predicted octanol–water partition coefficient (Wildman–Crippen LogP) is 4.98. The van der Waals surface area contributed by atoms with Crippen molar-refractivity contribution < 1.29 is 23.6 Å². The topological polar surface area (TPSA) is 91.8 Å². The molecule has 0 aliphatic carbocycles. The van der Waals surface area contributed by atoms with E-state index in [1.165, 1.54) is 19.3 Å². The van der Waals surface area contributed by atoms with Gasteiger partial charge in [-0.1, -0.05) is 12.1 Å². The van der Waals surface area contributed by atoms with Crippen molar-refractivity contribution in [2.24, 2.45) is 0 Å². The van der Waals surface area contributed by atoms with E-state index in [2.05, 4.69) is 0 Å². The van der Waals surface area contributed by atoms with Crippen LogP contribution < -0.4 is 9.47 Å². The summed E-state index contributed by atoms with van der Waals surface area (Å²) in [7, 11) is 1.51. The maximum atomic E-state index is 12.3. The molecule has 0 N–H and O–H groups in total. The molecule has 7 heteroatoms. The molecular formula is C22H19NO6. The number of carbonyl (C=O) groups is 1. The summed E-state index contributed by atoms with van der Waals surface area (Å²) in [6, 6.07) is 15.0. The van der Waals surface area contributed by atoms with Crippen LogP contribution in [0.2, 0.25) is 0 Å². The Morgan fingerprint density at radius 1 is 1.17 bits per heavy atom. The fourth-order valence-electron chi connectivity index (χ4n) is 2.73. The van der Waals surface area contributed by atoms with E-state index in [4.69, 9.17) is 13.9 Å². The lowest BCUT2D eigenvalue weighted by molar-refractivity contribution is -0.385. The van der Waals surface area contributed by atoms with Crippen molar-refractivity contribution in [3.8, 4) is 11.5 Å². The van der Waals surface area contributed by atoms with E-state index in [1.807, 2.05) is 0 Å². The fraction of sp³-hybridized carbons (Fsp3) is 0.136. The quantitative estimate of drug-likeness (QED) is 0.232. The molecule has 3 aromatic rings. The van der Waals surface area contributed by atoms with Gasteiger partial charge >= 0.3 is 0 Å². The molecule has 0 atom stereocenters. The second kappa shape index (κ2) is 8.88. The molecule has 0 fully saturated rings. The summed E-state index contributed by atoms with van der Waals surface area (Å²) in [4.78, 5) is 22.8. The van der Waals surface area contributed by atoms with Gasteiger partial charge in [-0.05, 0) is 55.5 Å². The van der Waals surface area contributed by atoms with Gasteiger partial charge in [0, 0.05) is 11.6 Å². The number of nitrogens with zero attached hydrogens (tertiary/aromatic N) is 1. The van der Waals surface area contributed by atoms with Crippen molar-refractivity contribution in [3.63, 3.8) is 0 Å². The van der Waals surface area contributed by atoms with Crippen LogP contribution in [0.3, 0.4) is 0 Å². The highest BCUT2D eigenvalue weighted by molar-refractivity contribution is 6.08. The van der Waals surface area contributed by atoms with Gasteiger partial charge in [0.05, 0.1) is 17.6 Å². The van der Waals surface area contributed by atoms with Crippen LogP contribution >= 0.6 is 0 Å². The number of para-hydroxylation sites is 1. The molecule has 29 heavy (non-hydrogen) atoms. The van der Waals surface area contributed by atoms with Crippen molar-refractivity contribution in [3.05, 3.63) is 93.4 Å². The van der Waals surface area contributed by atoms with Gasteiger partial charge in [-0.25, -0.2) is 0 Å². The van der Waals surface area contributed by atoms with Crippen LogP contribution in [-0.2, 0) is 6.61 Å². The van der Waals surface area contributed by atoms with Crippen molar-refractivity contribution in [1.29, 1.82) is 0 Å². The molecule has 0 saturated carbocycles. The maximum Gasteiger partial charge on any atom is 0.272 e. The average Bonchev–Trinajstić information content (AvgIpc) is 3.18. The maximum absolute atomic E-state index is 12.3. The van der Waals surface area contributed by atoms with E-state index in [9.17, 15) is 14.9 Å². The number of furan rings is 1. The first-order valence-corrected chi connectivity index (χ1v) is 8.80. The zero-order chi connectivity index (χ0) is 20.8. The van der Waals surface area contributed by atoms with E-state index in [1.54, 1.807) is 61.5 Å². The Labute approximate surface area is 167 Å². The third-order valence-electron chi connectivity index (χ3n) is 4.20. The highest BCUT2D eigenvalue weighted by Gasteiger charge is 2.11. The Morgan fingerprint density at radius 3 is 2.69 bits per heavy atom. The van der Waals surface area contributed by atoms with Crippen LogP contribution in [0.15, 0.2) is 65.1 Å². The van der Waals surface area contributed by atoms with E-state index < -0.39 is 4.92 Å². The Hall–Kier alpha value is -3.87. The Balaban J connectivity index is 1.62. The number of hydrogen-bond acceptors (Lipinski definition) is 6. The van der Waals surface area contributed by atoms with E-state index in [0.29, 0.717) is 34.1 Å². The van der Waals surface area contributed by atoms with Crippen molar-refractivity contribution >= 4 is 17.5 Å². The average molecular weight is 393 g/mol. The lowest BCUT2D eigenvalue weighted by Crippen LogP contribution is -1.98. The standard InChI is InChI=1S/C22H19NO6/c1-15-13-17(9-11-20(15)23(25)26)28-14-18-8-7-16(29-18)10-12-21(24)19-5-3-4-6-22(19)27-2/h3-13H,14H2,1-2H3/b12-10+. The first-order chi connectivity index (χ1) is 14.0. The molecule has 2 aromatic carbocycles. The zero-order valence-electron chi connectivity index (χ0n) is 16.0. The monoisotopic (exact) mass is 393 g/mol. The summed E-state index contributed by atoms with van der Waals surface area (Å²) in [5.41, 5.74) is 1.03. The van der Waals surface area contributed by atoms with Gasteiger partial charge in [-0.2, -0.15) is 0 Å². The SMILES string of the molecule is COc1ccccc1C(=O)/C=C/c1ccc(COc2ccc([N+](=O)[O-])c(C)c2)o1. The fourth-order valence-corrected chi connectivity index (χ4v) is 2.73. The van der Waals surface area contributed by atoms with E-state index in [-0.39, 0.29) is 18.1 Å². The number of nitro groups is 1. The molecule has 1 heterocycles. The van der Waals surface area contributed by atoms with Crippen LogP contribution in [-0.4, -0.2) is 17.8 Å². The number of ether oxygens (including phenoxy) is 2. The minimum absolute atomic E-state index is 0.0440. The molecule has 0 radical (unpaired) electrons. The summed E-state index contributed by atoms with van der Waals surface area (Å²) in [5, 5.41) is 10.9. The second-order valence-corrected chi connectivity index (χ2v) is 6.20. The zero-order valence-corrected chi connectivity index (χ0v) is 16.0. The highest BCUT2D eigenvalue weighted by atomic mass is 16.6. The van der Waals surface area contributed by atoms with Gasteiger partial charge in [0.1, 0.15) is 29.6 Å². The van der Waals surface area contributed by atoms with Crippen LogP contribution in [0, 0.1) is 17.0 Å². The van der Waals surface area contributed by atoms with Crippen LogP contribution in [0.25, 0.3) is 6.08 Å². The first-order valence-electron chi connectivity index (χ1n) is 8.80. The molecular weight excluding hydrogens is 374 g/mol. The number of methoxy groups -OCH3 is 1. The molecule has 0 aliphatic rings. The molecule has 7 nitrogen and oxygen atoms in total. The summed E-state index contributed by atoms with van der Waals surface area (Å²) in [5.74, 6) is 1.89. The molecule has 1 aromatic heterocycles. The third kappa shape index (κ3) is 4.90. The van der Waals surface area contributed by atoms with Crippen LogP contribution in [0.5, 0.6) is 11.5 Å². The van der Waals surface area contributed by atoms with Crippen LogP contribution in [0.4, 0.5) is 5.69 Å². The molecule has 0 bridgehead atoms. The number of aryl methyl sites for hydroxylation is 1. The number of allylic oxidation sites excluding steroid dienone is 1. The molecule has 0 saturated heterocycles. The Morgan fingerprint density at radius 2 is 1.97 bits per heavy atom. The first kappa shape index (κ1) is 19.9. The molecule has 0 aliphatic heterocycles. The second-order valence-electron chi connectivity index (χ2n) is 6.20. The summed E-state index contributed by atoms with van der Waals surface area (Å²) < 4.78 is 16.5. The van der Waals surface area contributed by atoms with Gasteiger partial charge in [-0.3, -0.25) is 14.9 Å². The van der Waals surface area contributed by atoms with Crippen molar-refractivity contribution in [2.75, 3.05) is 7.11 Å². The minimum atomic E-state index is -0.434. The van der Waals surface area contributed by atoms with E-state index in [0.717, 1.165) is 0 Å². The van der Waals surface area contributed by atoms with Crippen molar-refractivity contribution in [2.45, 2.75) is 13.5 Å². The summed E-state index contributed by atoms with van der Waals surface area (Å²) >= 11 is 0. The number of ketones is 1. The number of rotatable bonds is 8. The number of hydrogen-bond donors (Lipinski definition) is 0. The van der Waals surface area contributed by atoms with Gasteiger partial charge in [0.2, 0.25) is 0 Å². The van der Waals surface area contributed by atoms with E-state index >= 15 is 0 Å². The third-order valence-corrected chi connectivity index (χ3v) is 4.20.